The number of amidine groups is 1. The fraction of sp³-hybridized carbons (Fsp3) is 0.286. The van der Waals surface area contributed by atoms with Crippen molar-refractivity contribution in [2.45, 2.75) is 39.5 Å². The van der Waals surface area contributed by atoms with Crippen molar-refractivity contribution < 1.29 is 5.11 Å². The van der Waals surface area contributed by atoms with Gasteiger partial charge >= 0.3 is 0 Å². The fourth-order valence-electron chi connectivity index (χ4n) is 3.08. The first-order chi connectivity index (χ1) is 12.6. The van der Waals surface area contributed by atoms with E-state index in [1.54, 1.807) is 0 Å². The minimum Gasteiger partial charge on any atom is -0.392 e. The van der Waals surface area contributed by atoms with Gasteiger partial charge in [0.15, 0.2) is 0 Å². The zero-order valence-electron chi connectivity index (χ0n) is 15.1. The molecule has 136 valence electrons. The molecular weight excluding hydrogens is 346 g/mol. The molecule has 2 aromatic rings. The van der Waals surface area contributed by atoms with Gasteiger partial charge < -0.3 is 15.7 Å². The number of aryl methyl sites for hydroxylation is 2. The lowest BCUT2D eigenvalue weighted by Crippen LogP contribution is -2.20. The van der Waals surface area contributed by atoms with Crippen LogP contribution in [0.15, 0.2) is 58.6 Å². The Balaban J connectivity index is 2.07. The summed E-state index contributed by atoms with van der Waals surface area (Å²) in [4.78, 5) is 4.70. The second-order valence-electron chi connectivity index (χ2n) is 6.40. The summed E-state index contributed by atoms with van der Waals surface area (Å²) in [7, 11) is 0. The third-order valence-corrected chi connectivity index (χ3v) is 4.82. The molecule has 5 heteroatoms. The van der Waals surface area contributed by atoms with Gasteiger partial charge in [-0.2, -0.15) is 0 Å². The number of rotatable bonds is 2. The van der Waals surface area contributed by atoms with Crippen LogP contribution >= 0.6 is 11.6 Å². The van der Waals surface area contributed by atoms with Gasteiger partial charge in [-0.15, -0.1) is 0 Å². The third-order valence-electron chi connectivity index (χ3n) is 4.43. The molecule has 0 fully saturated rings. The van der Waals surface area contributed by atoms with Gasteiger partial charge in [0, 0.05) is 11.4 Å². The van der Waals surface area contributed by atoms with E-state index in [0.29, 0.717) is 10.9 Å². The van der Waals surface area contributed by atoms with Crippen LogP contribution in [0.2, 0.25) is 0 Å². The molecule has 2 aromatic carbocycles. The van der Waals surface area contributed by atoms with Crippen LogP contribution in [0.5, 0.6) is 0 Å². The Morgan fingerprint density at radius 3 is 2.85 bits per heavy atom. The Morgan fingerprint density at radius 2 is 2.08 bits per heavy atom. The molecule has 0 aliphatic carbocycles. The number of halogens is 1. The van der Waals surface area contributed by atoms with Gasteiger partial charge in [-0.05, 0) is 67.6 Å². The first kappa shape index (κ1) is 18.5. The molecule has 26 heavy (non-hydrogen) atoms. The van der Waals surface area contributed by atoms with Gasteiger partial charge in [-0.1, -0.05) is 35.9 Å². The average molecular weight is 370 g/mol. The van der Waals surface area contributed by atoms with E-state index in [-0.39, 0.29) is 12.8 Å². The lowest BCUT2D eigenvalue weighted by atomic mass is 9.99. The van der Waals surface area contributed by atoms with Crippen LogP contribution in [0.25, 0.3) is 0 Å². The van der Waals surface area contributed by atoms with Crippen LogP contribution in [0, 0.1) is 0 Å². The second-order valence-corrected chi connectivity index (χ2v) is 6.81. The van der Waals surface area contributed by atoms with Crippen molar-refractivity contribution in [3.05, 3.63) is 70.3 Å². The quantitative estimate of drug-likeness (QED) is 0.719. The number of anilines is 2. The number of fused-ring (bicyclic) bond motifs is 4. The third kappa shape index (κ3) is 4.45. The average Bonchev–Trinajstić information content (AvgIpc) is 2.65. The molecule has 3 rings (SSSR count). The largest absolute Gasteiger partial charge is 0.392 e. The summed E-state index contributed by atoms with van der Waals surface area (Å²) in [6.07, 6.45) is 3.44. The summed E-state index contributed by atoms with van der Waals surface area (Å²) in [6, 6.07) is 14.3. The molecule has 1 aliphatic rings. The van der Waals surface area contributed by atoms with E-state index >= 15 is 0 Å². The molecular formula is C21H24ClN3O. The fourth-order valence-corrected chi connectivity index (χ4v) is 3.18. The van der Waals surface area contributed by atoms with Gasteiger partial charge in [0.25, 0.3) is 0 Å². The Hall–Kier alpha value is -2.30. The Bertz CT molecular complexity index is 845. The molecule has 1 unspecified atom stereocenters. The van der Waals surface area contributed by atoms with Crippen molar-refractivity contribution in [3.8, 4) is 0 Å². The highest BCUT2D eigenvalue weighted by molar-refractivity contribution is 6.44. The summed E-state index contributed by atoms with van der Waals surface area (Å²) in [5.74, 6) is 0.618. The van der Waals surface area contributed by atoms with E-state index in [0.717, 1.165) is 35.3 Å². The van der Waals surface area contributed by atoms with E-state index in [1.807, 2.05) is 38.1 Å². The van der Waals surface area contributed by atoms with Crippen LogP contribution in [0.3, 0.4) is 0 Å². The number of hydrogen-bond acceptors (Lipinski definition) is 4. The van der Waals surface area contributed by atoms with Crippen molar-refractivity contribution in [3.63, 3.8) is 0 Å². The predicted molar refractivity (Wildman–Crippen MR) is 110 cm³/mol. The number of aliphatic imine (C=N–C) groups is 1. The smallest absolute Gasteiger partial charge is 0.146 e. The number of hydrogen-bond donors (Lipinski definition) is 3. The zero-order valence-corrected chi connectivity index (χ0v) is 15.8. The molecule has 1 heterocycles. The molecule has 0 amide bonds. The van der Waals surface area contributed by atoms with Crippen LogP contribution < -0.4 is 10.6 Å². The first-order valence-corrected chi connectivity index (χ1v) is 9.22. The summed E-state index contributed by atoms with van der Waals surface area (Å²) in [5, 5.41) is 17.0. The zero-order chi connectivity index (χ0) is 18.5. The highest BCUT2D eigenvalue weighted by Gasteiger charge is 2.11. The van der Waals surface area contributed by atoms with E-state index in [4.69, 9.17) is 16.6 Å². The molecule has 0 radical (unpaired) electrons. The highest BCUT2D eigenvalue weighted by Crippen LogP contribution is 2.22. The van der Waals surface area contributed by atoms with Crippen molar-refractivity contribution in [2.24, 2.45) is 4.99 Å². The predicted octanol–water partition coefficient (Wildman–Crippen LogP) is 4.69. The molecule has 0 aromatic heterocycles. The lowest BCUT2D eigenvalue weighted by Gasteiger charge is -2.16. The maximum atomic E-state index is 9.67. The maximum Gasteiger partial charge on any atom is 0.146 e. The summed E-state index contributed by atoms with van der Waals surface area (Å²) in [6.45, 7) is 3.91. The van der Waals surface area contributed by atoms with Crippen molar-refractivity contribution in [1.82, 2.24) is 0 Å². The van der Waals surface area contributed by atoms with E-state index in [1.165, 1.54) is 5.56 Å². The molecule has 0 saturated carbocycles. The standard InChI is InChI=1S/C21H24ClN3O/c1-3-20(22)21-24-14(2)23-18-6-4-5-15(11-18)7-8-16-12-19(25-21)10-9-17(16)13-26/h3-6,9-12,14,23,26H,7-8,13H2,1-2H3,(H,24,25)/b20-3+. The summed E-state index contributed by atoms with van der Waals surface area (Å²) < 4.78 is 0. The molecule has 1 aliphatic heterocycles. The summed E-state index contributed by atoms with van der Waals surface area (Å²) in [5.41, 5.74) is 5.26. The van der Waals surface area contributed by atoms with Gasteiger partial charge in [-0.3, -0.25) is 0 Å². The van der Waals surface area contributed by atoms with Crippen LogP contribution in [0.4, 0.5) is 11.4 Å². The SMILES string of the molecule is C/C=C(Cl)\C1=N/C(C)Nc2cccc(c2)CCc2cc(ccc2CO)N1. The van der Waals surface area contributed by atoms with Gasteiger partial charge in [0.05, 0.1) is 11.6 Å². The maximum absolute atomic E-state index is 9.67. The Kier molecular flexibility index (Phi) is 5.96. The first-order valence-electron chi connectivity index (χ1n) is 8.84. The normalized spacial score (nSPS) is 19.8. The number of benzene rings is 2. The number of aliphatic hydroxyl groups is 1. The lowest BCUT2D eigenvalue weighted by molar-refractivity contribution is 0.280. The van der Waals surface area contributed by atoms with Gasteiger partial charge in [0.2, 0.25) is 0 Å². The van der Waals surface area contributed by atoms with E-state index in [2.05, 4.69) is 34.9 Å². The minimum atomic E-state index is -0.140. The number of allylic oxidation sites excluding steroid dienone is 1. The van der Waals surface area contributed by atoms with Gasteiger partial charge in [-0.25, -0.2) is 4.99 Å². The number of nitrogens with zero attached hydrogens (tertiary/aromatic N) is 1. The summed E-state index contributed by atoms with van der Waals surface area (Å²) >= 11 is 6.37. The molecule has 0 spiro atoms. The second kappa shape index (κ2) is 8.39. The monoisotopic (exact) mass is 369 g/mol. The number of aliphatic hydroxyl groups excluding tert-OH is 1. The minimum absolute atomic E-state index is 0.0325. The molecule has 4 bridgehead atoms. The highest BCUT2D eigenvalue weighted by atomic mass is 35.5. The van der Waals surface area contributed by atoms with E-state index in [9.17, 15) is 5.11 Å². The van der Waals surface area contributed by atoms with Crippen LogP contribution in [-0.4, -0.2) is 17.1 Å². The number of nitrogens with one attached hydrogen (secondary N) is 2. The Labute approximate surface area is 159 Å². The van der Waals surface area contributed by atoms with Crippen molar-refractivity contribution >= 4 is 28.8 Å². The van der Waals surface area contributed by atoms with Crippen molar-refractivity contribution in [1.29, 1.82) is 0 Å². The molecule has 0 saturated heterocycles. The van der Waals surface area contributed by atoms with Crippen LogP contribution in [0.1, 0.15) is 30.5 Å². The topological polar surface area (TPSA) is 56.7 Å². The molecule has 3 N–H and O–H groups in total. The van der Waals surface area contributed by atoms with E-state index < -0.39 is 0 Å². The molecule has 1 atom stereocenters. The molecule has 4 nitrogen and oxygen atoms in total. The van der Waals surface area contributed by atoms with Gasteiger partial charge in [0.1, 0.15) is 12.0 Å². The van der Waals surface area contributed by atoms with Crippen molar-refractivity contribution in [2.75, 3.05) is 10.6 Å². The van der Waals surface area contributed by atoms with Crippen LogP contribution in [-0.2, 0) is 19.4 Å². The Morgan fingerprint density at radius 1 is 1.23 bits per heavy atom.